The Labute approximate surface area is 157 Å². The maximum atomic E-state index is 12.2. The average molecular weight is 401 g/mol. The zero-order valence-electron chi connectivity index (χ0n) is 13.7. The molecule has 1 saturated heterocycles. The molecule has 140 valence electrons. The molecule has 1 aromatic heterocycles. The Hall–Kier alpha value is -1.78. The minimum Gasteiger partial charge on any atom is -0.435 e. The second kappa shape index (κ2) is 9.24. The fourth-order valence-electron chi connectivity index (χ4n) is 2.38. The Morgan fingerprint density at radius 1 is 1.38 bits per heavy atom. The predicted molar refractivity (Wildman–Crippen MR) is 95.5 cm³/mol. The molecule has 10 heteroatoms. The van der Waals surface area contributed by atoms with Crippen molar-refractivity contribution in [3.63, 3.8) is 0 Å². The van der Waals surface area contributed by atoms with Gasteiger partial charge in [-0.05, 0) is 37.1 Å². The summed E-state index contributed by atoms with van der Waals surface area (Å²) in [5.41, 5.74) is 0.431. The van der Waals surface area contributed by atoms with Gasteiger partial charge in [0.1, 0.15) is 5.75 Å². The van der Waals surface area contributed by atoms with Gasteiger partial charge in [-0.15, -0.1) is 10.2 Å². The number of thioether (sulfide) groups is 1. The van der Waals surface area contributed by atoms with Crippen LogP contribution in [0.15, 0.2) is 28.6 Å². The summed E-state index contributed by atoms with van der Waals surface area (Å²) in [4.78, 5) is 12.2. The first-order valence-electron chi connectivity index (χ1n) is 8.00. The van der Waals surface area contributed by atoms with Crippen LogP contribution >= 0.6 is 23.1 Å². The maximum Gasteiger partial charge on any atom is 0.387 e. The number of benzene rings is 1. The Morgan fingerprint density at radius 2 is 2.19 bits per heavy atom. The van der Waals surface area contributed by atoms with Gasteiger partial charge in [-0.3, -0.25) is 4.79 Å². The smallest absolute Gasteiger partial charge is 0.387 e. The lowest BCUT2D eigenvalue weighted by molar-refractivity contribution is -0.0498. The highest BCUT2D eigenvalue weighted by Gasteiger charge is 2.16. The number of hydrogen-bond donors (Lipinski definition) is 1. The van der Waals surface area contributed by atoms with Crippen LogP contribution in [-0.4, -0.2) is 47.6 Å². The zero-order chi connectivity index (χ0) is 18.4. The van der Waals surface area contributed by atoms with Crippen LogP contribution in [-0.2, 0) is 4.74 Å². The van der Waals surface area contributed by atoms with Gasteiger partial charge >= 0.3 is 6.61 Å². The number of hydrogen-bond acceptors (Lipinski definition) is 8. The second-order valence-corrected chi connectivity index (χ2v) is 7.70. The van der Waals surface area contributed by atoms with E-state index >= 15 is 0 Å². The summed E-state index contributed by atoms with van der Waals surface area (Å²) in [6.07, 6.45) is 2.35. The molecule has 1 fully saturated rings. The highest BCUT2D eigenvalue weighted by Crippen LogP contribution is 2.27. The molecule has 2 aromatic rings. The van der Waals surface area contributed by atoms with Gasteiger partial charge in [0.25, 0.3) is 0 Å². The molecular weight excluding hydrogens is 384 g/mol. The van der Waals surface area contributed by atoms with E-state index in [1.165, 1.54) is 47.4 Å². The highest BCUT2D eigenvalue weighted by atomic mass is 32.2. The van der Waals surface area contributed by atoms with Crippen molar-refractivity contribution in [3.05, 3.63) is 29.8 Å². The third-order valence-corrected chi connectivity index (χ3v) is 5.65. The fourth-order valence-corrected chi connectivity index (χ4v) is 4.03. The molecule has 6 nitrogen and oxygen atoms in total. The lowest BCUT2D eigenvalue weighted by atomic mass is 10.1. The molecule has 0 spiro atoms. The monoisotopic (exact) mass is 401 g/mol. The third kappa shape index (κ3) is 5.61. The van der Waals surface area contributed by atoms with Crippen molar-refractivity contribution < 1.29 is 23.0 Å². The molecule has 0 saturated carbocycles. The van der Waals surface area contributed by atoms with Crippen LogP contribution in [0.1, 0.15) is 23.2 Å². The van der Waals surface area contributed by atoms with Crippen molar-refractivity contribution >= 4 is 34.0 Å². The van der Waals surface area contributed by atoms with Gasteiger partial charge in [0.15, 0.2) is 10.1 Å². The first-order chi connectivity index (χ1) is 12.6. The predicted octanol–water partition coefficient (Wildman–Crippen LogP) is 3.71. The van der Waals surface area contributed by atoms with E-state index < -0.39 is 6.61 Å². The first kappa shape index (κ1) is 19.0. The van der Waals surface area contributed by atoms with Crippen molar-refractivity contribution in [2.24, 2.45) is 0 Å². The van der Waals surface area contributed by atoms with Crippen molar-refractivity contribution in [3.8, 4) is 5.75 Å². The molecule has 1 aromatic carbocycles. The number of anilines is 1. The number of ketones is 1. The van der Waals surface area contributed by atoms with Gasteiger partial charge in [-0.1, -0.05) is 23.1 Å². The number of rotatable bonds is 9. The van der Waals surface area contributed by atoms with E-state index in [1.807, 2.05) is 0 Å². The van der Waals surface area contributed by atoms with E-state index in [1.54, 1.807) is 0 Å². The number of nitrogens with zero attached hydrogens (tertiary/aromatic N) is 2. The maximum absolute atomic E-state index is 12.2. The molecule has 1 atom stereocenters. The van der Waals surface area contributed by atoms with E-state index in [2.05, 4.69) is 20.3 Å². The normalized spacial score (nSPS) is 16.8. The molecule has 0 bridgehead atoms. The third-order valence-electron chi connectivity index (χ3n) is 3.64. The van der Waals surface area contributed by atoms with Gasteiger partial charge < -0.3 is 14.8 Å². The molecular formula is C16H17F2N3O3S2. The molecule has 0 radical (unpaired) electrons. The molecule has 1 unspecified atom stereocenters. The summed E-state index contributed by atoms with van der Waals surface area (Å²) in [6, 6.07) is 5.63. The molecule has 1 N–H and O–H groups in total. The van der Waals surface area contributed by atoms with E-state index in [9.17, 15) is 13.6 Å². The van der Waals surface area contributed by atoms with E-state index in [-0.39, 0.29) is 23.4 Å². The Bertz CT molecular complexity index is 722. The Morgan fingerprint density at radius 3 is 2.88 bits per heavy atom. The lowest BCUT2D eigenvalue weighted by Gasteiger charge is -2.08. The first-order valence-corrected chi connectivity index (χ1v) is 9.80. The van der Waals surface area contributed by atoms with Crippen LogP contribution < -0.4 is 10.1 Å². The summed E-state index contributed by atoms with van der Waals surface area (Å²) in [5.74, 6) is 0.0908. The summed E-state index contributed by atoms with van der Waals surface area (Å²) >= 11 is 2.67. The van der Waals surface area contributed by atoms with Crippen LogP contribution in [0.5, 0.6) is 5.75 Å². The Kier molecular flexibility index (Phi) is 6.75. The van der Waals surface area contributed by atoms with Gasteiger partial charge in [-0.2, -0.15) is 8.78 Å². The minimum absolute atomic E-state index is 0.0234. The molecule has 1 aliphatic heterocycles. The fraction of sp³-hybridized carbons (Fsp3) is 0.438. The van der Waals surface area contributed by atoms with Gasteiger partial charge in [0.2, 0.25) is 5.13 Å². The Balaban J connectivity index is 1.45. The quantitative estimate of drug-likeness (QED) is 0.507. The molecule has 3 rings (SSSR count). The van der Waals surface area contributed by atoms with Gasteiger partial charge in [-0.25, -0.2) is 0 Å². The van der Waals surface area contributed by atoms with Crippen LogP contribution in [0.3, 0.4) is 0 Å². The number of ether oxygens (including phenoxy) is 2. The number of alkyl halides is 2. The zero-order valence-corrected chi connectivity index (χ0v) is 15.3. The van der Waals surface area contributed by atoms with Crippen LogP contribution in [0.25, 0.3) is 0 Å². The minimum atomic E-state index is -2.88. The van der Waals surface area contributed by atoms with E-state index in [0.29, 0.717) is 21.6 Å². The van der Waals surface area contributed by atoms with Crippen LogP contribution in [0, 0.1) is 0 Å². The number of nitrogens with one attached hydrogen (secondary N) is 1. The largest absolute Gasteiger partial charge is 0.435 e. The van der Waals surface area contributed by atoms with Crippen molar-refractivity contribution in [2.45, 2.75) is 29.9 Å². The number of carbonyl (C=O) groups excluding carboxylic acids is 1. The number of carbonyl (C=O) groups is 1. The average Bonchev–Trinajstić information content (AvgIpc) is 3.30. The summed E-state index contributed by atoms with van der Waals surface area (Å²) in [5, 5.41) is 12.0. The van der Waals surface area contributed by atoms with E-state index in [4.69, 9.17) is 4.74 Å². The molecule has 1 aliphatic rings. The molecule has 26 heavy (non-hydrogen) atoms. The SMILES string of the molecule is O=C(CSc1nnc(NCC2CCCO2)s1)c1ccc(OC(F)F)cc1. The molecule has 2 heterocycles. The van der Waals surface area contributed by atoms with Crippen LogP contribution in [0.4, 0.5) is 13.9 Å². The van der Waals surface area contributed by atoms with Crippen molar-refractivity contribution in [1.29, 1.82) is 0 Å². The summed E-state index contributed by atoms with van der Waals surface area (Å²) in [6.45, 7) is -1.38. The summed E-state index contributed by atoms with van der Waals surface area (Å²) in [7, 11) is 0. The number of aromatic nitrogens is 2. The van der Waals surface area contributed by atoms with Gasteiger partial charge in [0.05, 0.1) is 11.9 Å². The second-order valence-electron chi connectivity index (χ2n) is 5.50. The van der Waals surface area contributed by atoms with Crippen molar-refractivity contribution in [2.75, 3.05) is 24.2 Å². The lowest BCUT2D eigenvalue weighted by Crippen LogP contribution is -2.18. The molecule has 0 amide bonds. The number of halogens is 2. The van der Waals surface area contributed by atoms with Crippen LogP contribution in [0.2, 0.25) is 0 Å². The van der Waals surface area contributed by atoms with Crippen molar-refractivity contribution in [1.82, 2.24) is 10.2 Å². The highest BCUT2D eigenvalue weighted by molar-refractivity contribution is 8.01. The standard InChI is InChI=1S/C16H17F2N3O3S2/c17-14(18)24-11-5-3-10(4-6-11)13(22)9-25-16-21-20-15(26-16)19-8-12-2-1-7-23-12/h3-6,12,14H,1-2,7-9H2,(H,19,20). The molecule has 0 aliphatic carbocycles. The topological polar surface area (TPSA) is 73.3 Å². The van der Waals surface area contributed by atoms with Gasteiger partial charge in [0, 0.05) is 18.7 Å². The summed E-state index contributed by atoms with van der Waals surface area (Å²) < 4.78 is 34.7. The van der Waals surface area contributed by atoms with E-state index in [0.717, 1.165) is 19.4 Å². The number of Topliss-reactive ketones (excluding diaryl/α,β-unsaturated/α-hetero) is 1.